The standard InChI is InChI=1S/C23H21N3O3/c27-21(24-15-17-9-3-1-4-10-17)16-25-23(29)19-13-7-8-14-20(19)26-22(28)18-11-5-2-6-12-18/h1-14H,15-16H2,(H,24,27)(H,25,29)(H,26,28). The van der Waals surface area contributed by atoms with Crippen molar-refractivity contribution in [2.45, 2.75) is 6.54 Å². The zero-order valence-corrected chi connectivity index (χ0v) is 15.7. The Morgan fingerprint density at radius 1 is 0.655 bits per heavy atom. The van der Waals surface area contributed by atoms with Gasteiger partial charge < -0.3 is 16.0 Å². The van der Waals surface area contributed by atoms with E-state index in [4.69, 9.17) is 0 Å². The van der Waals surface area contributed by atoms with Gasteiger partial charge in [-0.3, -0.25) is 14.4 Å². The largest absolute Gasteiger partial charge is 0.350 e. The van der Waals surface area contributed by atoms with E-state index in [-0.39, 0.29) is 23.9 Å². The fourth-order valence-electron chi connectivity index (χ4n) is 2.69. The van der Waals surface area contributed by atoms with E-state index < -0.39 is 5.91 Å². The van der Waals surface area contributed by atoms with E-state index in [1.807, 2.05) is 36.4 Å². The van der Waals surface area contributed by atoms with Crippen LogP contribution < -0.4 is 16.0 Å². The molecule has 0 radical (unpaired) electrons. The molecule has 0 fully saturated rings. The summed E-state index contributed by atoms with van der Waals surface area (Å²) in [7, 11) is 0. The van der Waals surface area contributed by atoms with Crippen LogP contribution in [0.15, 0.2) is 84.9 Å². The Bertz CT molecular complexity index is 989. The maximum atomic E-state index is 12.5. The lowest BCUT2D eigenvalue weighted by molar-refractivity contribution is -0.120. The second kappa shape index (κ2) is 9.85. The van der Waals surface area contributed by atoms with E-state index in [0.717, 1.165) is 5.56 Å². The van der Waals surface area contributed by atoms with Gasteiger partial charge in [-0.05, 0) is 29.8 Å². The summed E-state index contributed by atoms with van der Waals surface area (Å²) in [6.45, 7) is 0.228. The molecule has 3 rings (SSSR count). The maximum absolute atomic E-state index is 12.5. The Labute approximate surface area is 169 Å². The molecule has 0 unspecified atom stereocenters. The van der Waals surface area contributed by atoms with Gasteiger partial charge in [0.15, 0.2) is 0 Å². The maximum Gasteiger partial charge on any atom is 0.255 e. The van der Waals surface area contributed by atoms with Crippen LogP contribution in [0, 0.1) is 0 Å². The van der Waals surface area contributed by atoms with E-state index in [1.165, 1.54) is 0 Å². The van der Waals surface area contributed by atoms with E-state index in [1.54, 1.807) is 48.5 Å². The number of hydrogen-bond donors (Lipinski definition) is 3. The van der Waals surface area contributed by atoms with E-state index in [2.05, 4.69) is 16.0 Å². The normalized spacial score (nSPS) is 10.1. The number of rotatable bonds is 7. The summed E-state index contributed by atoms with van der Waals surface area (Å²) in [4.78, 5) is 36.9. The molecule has 3 aromatic carbocycles. The first-order chi connectivity index (χ1) is 14.1. The van der Waals surface area contributed by atoms with Crippen molar-refractivity contribution in [2.75, 3.05) is 11.9 Å². The quantitative estimate of drug-likeness (QED) is 0.582. The average molecular weight is 387 g/mol. The molecule has 6 nitrogen and oxygen atoms in total. The van der Waals surface area contributed by atoms with Gasteiger partial charge in [0.05, 0.1) is 17.8 Å². The Hall–Kier alpha value is -3.93. The molecule has 6 heteroatoms. The number of carbonyl (C=O) groups is 3. The van der Waals surface area contributed by atoms with E-state index >= 15 is 0 Å². The minimum atomic E-state index is -0.441. The van der Waals surface area contributed by atoms with Crippen LogP contribution in [0.5, 0.6) is 0 Å². The molecule has 0 aliphatic carbocycles. The highest BCUT2D eigenvalue weighted by atomic mass is 16.2. The van der Waals surface area contributed by atoms with Crippen molar-refractivity contribution in [3.8, 4) is 0 Å². The topological polar surface area (TPSA) is 87.3 Å². The summed E-state index contributed by atoms with van der Waals surface area (Å²) in [6.07, 6.45) is 0. The zero-order valence-electron chi connectivity index (χ0n) is 15.7. The van der Waals surface area contributed by atoms with Crippen LogP contribution in [0.4, 0.5) is 5.69 Å². The van der Waals surface area contributed by atoms with Gasteiger partial charge >= 0.3 is 0 Å². The van der Waals surface area contributed by atoms with Crippen molar-refractivity contribution in [3.05, 3.63) is 102 Å². The monoisotopic (exact) mass is 387 g/mol. The molecule has 0 aliphatic heterocycles. The molecule has 0 atom stereocenters. The number of anilines is 1. The van der Waals surface area contributed by atoms with Gasteiger partial charge in [0.2, 0.25) is 5.91 Å². The fraction of sp³-hybridized carbons (Fsp3) is 0.0870. The summed E-state index contributed by atoms with van der Waals surface area (Å²) < 4.78 is 0. The Morgan fingerprint density at radius 2 is 1.28 bits per heavy atom. The third-order valence-corrected chi connectivity index (χ3v) is 4.20. The highest BCUT2D eigenvalue weighted by molar-refractivity contribution is 6.09. The van der Waals surface area contributed by atoms with Gasteiger partial charge in [0.1, 0.15) is 0 Å². The zero-order chi connectivity index (χ0) is 20.5. The lowest BCUT2D eigenvalue weighted by Gasteiger charge is -2.12. The highest BCUT2D eigenvalue weighted by Gasteiger charge is 2.14. The van der Waals surface area contributed by atoms with Gasteiger partial charge in [-0.1, -0.05) is 60.7 Å². The molecule has 3 N–H and O–H groups in total. The third kappa shape index (κ3) is 5.77. The minimum Gasteiger partial charge on any atom is -0.350 e. The summed E-state index contributed by atoms with van der Waals surface area (Å²) >= 11 is 0. The SMILES string of the molecule is O=C(CNC(=O)c1ccccc1NC(=O)c1ccccc1)NCc1ccccc1. The molecule has 0 saturated heterocycles. The van der Waals surface area contributed by atoms with Crippen LogP contribution in [0.2, 0.25) is 0 Å². The number of amides is 3. The van der Waals surface area contributed by atoms with Gasteiger partial charge in [-0.15, -0.1) is 0 Å². The second-order valence-electron chi connectivity index (χ2n) is 6.31. The summed E-state index contributed by atoms with van der Waals surface area (Å²) in [5.41, 5.74) is 2.13. The third-order valence-electron chi connectivity index (χ3n) is 4.20. The van der Waals surface area contributed by atoms with Crippen molar-refractivity contribution in [2.24, 2.45) is 0 Å². The Morgan fingerprint density at radius 3 is 2.00 bits per heavy atom. The predicted molar refractivity (Wildman–Crippen MR) is 111 cm³/mol. The Balaban J connectivity index is 1.57. The summed E-state index contributed by atoms with van der Waals surface area (Å²) in [5, 5.41) is 8.08. The van der Waals surface area contributed by atoms with Crippen molar-refractivity contribution in [3.63, 3.8) is 0 Å². The molecular formula is C23H21N3O3. The first-order valence-electron chi connectivity index (χ1n) is 9.18. The fourth-order valence-corrected chi connectivity index (χ4v) is 2.69. The second-order valence-corrected chi connectivity index (χ2v) is 6.31. The molecule has 146 valence electrons. The number of para-hydroxylation sites is 1. The van der Waals surface area contributed by atoms with Crippen molar-refractivity contribution < 1.29 is 14.4 Å². The smallest absolute Gasteiger partial charge is 0.255 e. The molecule has 3 amide bonds. The van der Waals surface area contributed by atoms with Crippen molar-refractivity contribution in [1.82, 2.24) is 10.6 Å². The minimum absolute atomic E-state index is 0.160. The number of hydrogen-bond acceptors (Lipinski definition) is 3. The van der Waals surface area contributed by atoms with Crippen LogP contribution >= 0.6 is 0 Å². The molecule has 0 spiro atoms. The molecule has 3 aromatic rings. The molecular weight excluding hydrogens is 366 g/mol. The van der Waals surface area contributed by atoms with Crippen LogP contribution in [0.25, 0.3) is 0 Å². The summed E-state index contributed by atoms with van der Waals surface area (Å²) in [5.74, 6) is -1.05. The lowest BCUT2D eigenvalue weighted by atomic mass is 10.1. The summed E-state index contributed by atoms with van der Waals surface area (Å²) in [6, 6.07) is 24.9. The van der Waals surface area contributed by atoms with Gasteiger partial charge in [-0.25, -0.2) is 0 Å². The number of benzene rings is 3. The molecule has 29 heavy (non-hydrogen) atoms. The molecule has 0 aliphatic rings. The lowest BCUT2D eigenvalue weighted by Crippen LogP contribution is -2.36. The highest BCUT2D eigenvalue weighted by Crippen LogP contribution is 2.16. The van der Waals surface area contributed by atoms with Crippen LogP contribution in [0.1, 0.15) is 26.3 Å². The molecule has 0 bridgehead atoms. The van der Waals surface area contributed by atoms with Crippen LogP contribution in [-0.4, -0.2) is 24.3 Å². The van der Waals surface area contributed by atoms with Crippen molar-refractivity contribution >= 4 is 23.4 Å². The van der Waals surface area contributed by atoms with E-state index in [9.17, 15) is 14.4 Å². The molecule has 0 saturated carbocycles. The number of carbonyl (C=O) groups excluding carboxylic acids is 3. The van der Waals surface area contributed by atoms with Gasteiger partial charge in [0.25, 0.3) is 11.8 Å². The molecule has 0 heterocycles. The van der Waals surface area contributed by atoms with E-state index in [0.29, 0.717) is 17.8 Å². The first-order valence-corrected chi connectivity index (χ1v) is 9.18. The predicted octanol–water partition coefficient (Wildman–Crippen LogP) is 2.99. The van der Waals surface area contributed by atoms with Gasteiger partial charge in [0, 0.05) is 12.1 Å². The average Bonchev–Trinajstić information content (AvgIpc) is 2.77. The van der Waals surface area contributed by atoms with Gasteiger partial charge in [-0.2, -0.15) is 0 Å². The van der Waals surface area contributed by atoms with Crippen molar-refractivity contribution in [1.29, 1.82) is 0 Å². The Kier molecular flexibility index (Phi) is 6.73. The first kappa shape index (κ1) is 19.8. The van der Waals surface area contributed by atoms with Crippen LogP contribution in [-0.2, 0) is 11.3 Å². The number of nitrogens with one attached hydrogen (secondary N) is 3. The molecule has 0 aromatic heterocycles. The van der Waals surface area contributed by atoms with Crippen LogP contribution in [0.3, 0.4) is 0 Å².